The van der Waals surface area contributed by atoms with E-state index in [1.54, 1.807) is 18.2 Å². The van der Waals surface area contributed by atoms with Crippen LogP contribution in [0.2, 0.25) is 5.02 Å². The van der Waals surface area contributed by atoms with Gasteiger partial charge in [0.1, 0.15) is 38.5 Å². The van der Waals surface area contributed by atoms with Gasteiger partial charge in [-0.25, -0.2) is 9.82 Å². The first-order chi connectivity index (χ1) is 13.1. The molecule has 7 heteroatoms. The monoisotopic (exact) mass is 390 g/mol. The molecule has 0 spiro atoms. The summed E-state index contributed by atoms with van der Waals surface area (Å²) in [5.74, 6) is -0.522. The van der Waals surface area contributed by atoms with Crippen LogP contribution in [0.15, 0.2) is 53.6 Å². The first kappa shape index (κ1) is 19.5. The number of amides is 1. The molecule has 0 aliphatic carbocycles. The lowest BCUT2D eigenvalue weighted by Gasteiger charge is -2.29. The fourth-order valence-corrected chi connectivity index (χ4v) is 3.44. The average Bonchev–Trinajstić information content (AvgIpc) is 2.67. The van der Waals surface area contributed by atoms with Crippen molar-refractivity contribution in [2.24, 2.45) is 5.10 Å². The van der Waals surface area contributed by atoms with Gasteiger partial charge in [-0.2, -0.15) is 5.10 Å². The SMILES string of the molecule is O=C(C[NH+]1CC[NH+](Cc2ccccc2Cl)CC1)NN=Cc1ccccc1F. The van der Waals surface area contributed by atoms with Crippen LogP contribution in [0.5, 0.6) is 0 Å². The zero-order valence-electron chi connectivity index (χ0n) is 15.1. The number of halogens is 2. The van der Waals surface area contributed by atoms with E-state index in [4.69, 9.17) is 11.6 Å². The second-order valence-corrected chi connectivity index (χ2v) is 7.17. The molecule has 27 heavy (non-hydrogen) atoms. The predicted octanol–water partition coefficient (Wildman–Crippen LogP) is -0.0872. The standard InChI is InChI=1S/C20H22ClFN4O/c21-18-7-3-1-6-17(18)14-25-9-11-26(12-10-25)15-20(27)24-23-13-16-5-2-4-8-19(16)22/h1-8,13H,9-12,14-15H2,(H,24,27)/p+2. The van der Waals surface area contributed by atoms with Gasteiger partial charge in [0.2, 0.25) is 0 Å². The van der Waals surface area contributed by atoms with Crippen molar-refractivity contribution in [1.82, 2.24) is 5.43 Å². The van der Waals surface area contributed by atoms with E-state index in [1.807, 2.05) is 18.2 Å². The fraction of sp³-hybridized carbons (Fsp3) is 0.300. The summed E-state index contributed by atoms with van der Waals surface area (Å²) in [6.07, 6.45) is 1.33. The molecular formula is C20H24ClFN4O+2. The van der Waals surface area contributed by atoms with Crippen LogP contribution in [0, 0.1) is 5.82 Å². The van der Waals surface area contributed by atoms with Gasteiger partial charge in [-0.15, -0.1) is 0 Å². The van der Waals surface area contributed by atoms with Crippen molar-refractivity contribution in [3.63, 3.8) is 0 Å². The number of benzene rings is 2. The van der Waals surface area contributed by atoms with E-state index in [0.717, 1.165) is 43.3 Å². The predicted molar refractivity (Wildman–Crippen MR) is 104 cm³/mol. The molecule has 2 aromatic rings. The van der Waals surface area contributed by atoms with Gasteiger partial charge in [-0.1, -0.05) is 48.0 Å². The molecule has 3 rings (SSSR count). The van der Waals surface area contributed by atoms with Crippen molar-refractivity contribution >= 4 is 23.7 Å². The largest absolute Gasteiger partial charge is 0.322 e. The molecule has 1 fully saturated rings. The van der Waals surface area contributed by atoms with Crippen molar-refractivity contribution in [3.05, 3.63) is 70.5 Å². The molecule has 2 aromatic carbocycles. The molecule has 0 bridgehead atoms. The molecule has 1 aliphatic heterocycles. The Hall–Kier alpha value is -2.28. The summed E-state index contributed by atoms with van der Waals surface area (Å²) in [6.45, 7) is 5.10. The Balaban J connectivity index is 1.40. The number of hydrogen-bond donors (Lipinski definition) is 3. The van der Waals surface area contributed by atoms with Crippen molar-refractivity contribution in [1.29, 1.82) is 0 Å². The van der Waals surface area contributed by atoms with Gasteiger partial charge in [0.05, 0.1) is 6.21 Å². The van der Waals surface area contributed by atoms with Crippen LogP contribution >= 0.6 is 11.6 Å². The Morgan fingerprint density at radius 3 is 2.48 bits per heavy atom. The van der Waals surface area contributed by atoms with E-state index >= 15 is 0 Å². The third-order valence-electron chi connectivity index (χ3n) is 4.77. The van der Waals surface area contributed by atoms with Gasteiger partial charge in [-0.05, 0) is 12.1 Å². The molecule has 0 unspecified atom stereocenters. The number of carbonyl (C=O) groups is 1. The minimum atomic E-state index is -0.362. The number of nitrogens with zero attached hydrogens (tertiary/aromatic N) is 1. The highest BCUT2D eigenvalue weighted by molar-refractivity contribution is 6.31. The highest BCUT2D eigenvalue weighted by atomic mass is 35.5. The van der Waals surface area contributed by atoms with Gasteiger partial charge < -0.3 is 9.80 Å². The molecule has 1 heterocycles. The van der Waals surface area contributed by atoms with Gasteiger partial charge in [0.15, 0.2) is 6.54 Å². The van der Waals surface area contributed by atoms with Crippen molar-refractivity contribution < 1.29 is 19.0 Å². The number of rotatable bonds is 6. The molecule has 142 valence electrons. The van der Waals surface area contributed by atoms with E-state index < -0.39 is 0 Å². The Morgan fingerprint density at radius 1 is 1.07 bits per heavy atom. The van der Waals surface area contributed by atoms with E-state index in [-0.39, 0.29) is 11.7 Å². The van der Waals surface area contributed by atoms with Crippen molar-refractivity contribution in [2.45, 2.75) is 6.54 Å². The lowest BCUT2D eigenvalue weighted by molar-refractivity contribution is -1.02. The maximum absolute atomic E-state index is 13.5. The van der Waals surface area contributed by atoms with E-state index in [9.17, 15) is 9.18 Å². The summed E-state index contributed by atoms with van der Waals surface area (Å²) in [4.78, 5) is 14.7. The second kappa shape index (κ2) is 9.60. The molecule has 3 N–H and O–H groups in total. The van der Waals surface area contributed by atoms with Crippen LogP contribution in [0.3, 0.4) is 0 Å². The van der Waals surface area contributed by atoms with Crippen LogP contribution in [0.25, 0.3) is 0 Å². The fourth-order valence-electron chi connectivity index (χ4n) is 3.24. The van der Waals surface area contributed by atoms with Gasteiger partial charge in [0.25, 0.3) is 5.91 Å². The highest BCUT2D eigenvalue weighted by Gasteiger charge is 2.25. The maximum Gasteiger partial charge on any atom is 0.295 e. The quantitative estimate of drug-likeness (QED) is 0.469. The molecule has 0 saturated carbocycles. The van der Waals surface area contributed by atoms with Crippen molar-refractivity contribution in [2.75, 3.05) is 32.7 Å². The minimum Gasteiger partial charge on any atom is -0.322 e. The average molecular weight is 391 g/mol. The Kier molecular flexibility index (Phi) is 6.92. The zero-order chi connectivity index (χ0) is 19.1. The number of hydrazone groups is 1. The minimum absolute atomic E-state index is 0.160. The lowest BCUT2D eigenvalue weighted by atomic mass is 10.2. The second-order valence-electron chi connectivity index (χ2n) is 6.76. The third kappa shape index (κ3) is 5.85. The summed E-state index contributed by atoms with van der Waals surface area (Å²) in [5.41, 5.74) is 4.00. The molecule has 5 nitrogen and oxygen atoms in total. The van der Waals surface area contributed by atoms with Crippen LogP contribution < -0.4 is 15.2 Å². The normalized spacial score (nSPS) is 19.9. The first-order valence-electron chi connectivity index (χ1n) is 9.09. The summed E-state index contributed by atoms with van der Waals surface area (Å²) >= 11 is 6.24. The smallest absolute Gasteiger partial charge is 0.295 e. The van der Waals surface area contributed by atoms with Crippen LogP contribution in [-0.2, 0) is 11.3 Å². The summed E-state index contributed by atoms with van der Waals surface area (Å²) in [6, 6.07) is 14.2. The topological polar surface area (TPSA) is 50.3 Å². The number of piperazine rings is 1. The van der Waals surface area contributed by atoms with Crippen LogP contribution in [-0.4, -0.2) is 44.8 Å². The summed E-state index contributed by atoms with van der Waals surface area (Å²) in [5, 5.41) is 4.66. The van der Waals surface area contributed by atoms with E-state index in [1.165, 1.54) is 22.1 Å². The summed E-state index contributed by atoms with van der Waals surface area (Å²) < 4.78 is 13.5. The summed E-state index contributed by atoms with van der Waals surface area (Å²) in [7, 11) is 0. The number of nitrogens with one attached hydrogen (secondary N) is 3. The molecule has 1 amide bonds. The van der Waals surface area contributed by atoms with E-state index in [0.29, 0.717) is 12.1 Å². The molecule has 1 saturated heterocycles. The molecule has 0 aromatic heterocycles. The molecular weight excluding hydrogens is 367 g/mol. The van der Waals surface area contributed by atoms with Crippen LogP contribution in [0.1, 0.15) is 11.1 Å². The number of quaternary nitrogens is 2. The van der Waals surface area contributed by atoms with Gasteiger partial charge >= 0.3 is 0 Å². The Morgan fingerprint density at radius 2 is 1.74 bits per heavy atom. The van der Waals surface area contributed by atoms with Crippen LogP contribution in [0.4, 0.5) is 4.39 Å². The third-order valence-corrected chi connectivity index (χ3v) is 5.14. The first-order valence-corrected chi connectivity index (χ1v) is 9.46. The Labute approximate surface area is 163 Å². The zero-order valence-corrected chi connectivity index (χ0v) is 15.8. The molecule has 0 atom stereocenters. The molecule has 1 aliphatic rings. The highest BCUT2D eigenvalue weighted by Crippen LogP contribution is 2.13. The van der Waals surface area contributed by atoms with Gasteiger partial charge in [0, 0.05) is 16.1 Å². The maximum atomic E-state index is 13.5. The van der Waals surface area contributed by atoms with Gasteiger partial charge in [-0.3, -0.25) is 4.79 Å². The van der Waals surface area contributed by atoms with Crippen molar-refractivity contribution in [3.8, 4) is 0 Å². The lowest BCUT2D eigenvalue weighted by Crippen LogP contribution is -3.28. The van der Waals surface area contributed by atoms with E-state index in [2.05, 4.69) is 16.6 Å². The number of hydrogen-bond acceptors (Lipinski definition) is 2. The number of carbonyl (C=O) groups excluding carboxylic acids is 1. The Bertz CT molecular complexity index is 806. The molecule has 0 radical (unpaired) electrons.